The van der Waals surface area contributed by atoms with Crippen molar-refractivity contribution in [2.75, 3.05) is 36.6 Å². The molecule has 0 atom stereocenters. The number of hydrogen-bond donors (Lipinski definition) is 2. The number of aromatic nitrogens is 2. The second-order valence-electron chi connectivity index (χ2n) is 3.39. The molecule has 0 aliphatic heterocycles. The molecule has 1 rings (SSSR count). The fourth-order valence-electron chi connectivity index (χ4n) is 1.11. The van der Waals surface area contributed by atoms with E-state index in [0.717, 1.165) is 13.0 Å². The van der Waals surface area contributed by atoms with E-state index in [0.29, 0.717) is 16.7 Å². The van der Waals surface area contributed by atoms with Gasteiger partial charge in [-0.25, -0.2) is 0 Å². The van der Waals surface area contributed by atoms with Crippen molar-refractivity contribution in [2.45, 2.75) is 13.3 Å². The van der Waals surface area contributed by atoms with Crippen LogP contribution in [-0.4, -0.2) is 30.6 Å². The zero-order valence-corrected chi connectivity index (χ0v) is 9.97. The standard InChI is InChI=1S/C9H16ClN5/c1-4-5-12-7-6(10)8(15(2)3)14-9(11)13-7/h4-5H2,1-3H3,(H3,11,12,13,14). The molecule has 1 aromatic heterocycles. The summed E-state index contributed by atoms with van der Waals surface area (Å²) in [7, 11) is 3.72. The molecule has 1 aromatic rings. The Bertz CT molecular complexity index is 340. The minimum Gasteiger partial charge on any atom is -0.369 e. The Morgan fingerprint density at radius 2 is 2.07 bits per heavy atom. The molecule has 0 aliphatic carbocycles. The largest absolute Gasteiger partial charge is 0.369 e. The highest BCUT2D eigenvalue weighted by Crippen LogP contribution is 2.29. The molecule has 0 spiro atoms. The Labute approximate surface area is 94.6 Å². The lowest BCUT2D eigenvalue weighted by Crippen LogP contribution is -2.15. The van der Waals surface area contributed by atoms with Crippen LogP contribution in [0, 0.1) is 0 Å². The third-order valence-electron chi connectivity index (χ3n) is 1.82. The predicted octanol–water partition coefficient (Wildman–Crippen LogP) is 1.60. The highest BCUT2D eigenvalue weighted by atomic mass is 35.5. The van der Waals surface area contributed by atoms with Crippen molar-refractivity contribution >= 4 is 29.2 Å². The molecule has 0 aromatic carbocycles. The smallest absolute Gasteiger partial charge is 0.224 e. The summed E-state index contributed by atoms with van der Waals surface area (Å²) in [4.78, 5) is 9.91. The number of anilines is 3. The molecule has 6 heteroatoms. The summed E-state index contributed by atoms with van der Waals surface area (Å²) in [5.41, 5.74) is 5.59. The first-order valence-electron chi connectivity index (χ1n) is 4.80. The van der Waals surface area contributed by atoms with Gasteiger partial charge in [-0.15, -0.1) is 0 Å². The third-order valence-corrected chi connectivity index (χ3v) is 2.17. The number of nitrogens with one attached hydrogen (secondary N) is 1. The Balaban J connectivity index is 3.05. The monoisotopic (exact) mass is 229 g/mol. The first kappa shape index (κ1) is 11.8. The molecule has 0 unspecified atom stereocenters. The van der Waals surface area contributed by atoms with E-state index in [-0.39, 0.29) is 5.95 Å². The molecule has 0 bridgehead atoms. The van der Waals surface area contributed by atoms with Gasteiger partial charge in [0.1, 0.15) is 5.02 Å². The maximum Gasteiger partial charge on any atom is 0.224 e. The van der Waals surface area contributed by atoms with Crippen molar-refractivity contribution in [1.82, 2.24) is 9.97 Å². The van der Waals surface area contributed by atoms with Gasteiger partial charge in [0.05, 0.1) is 0 Å². The number of halogens is 1. The first-order valence-corrected chi connectivity index (χ1v) is 5.18. The van der Waals surface area contributed by atoms with Crippen molar-refractivity contribution < 1.29 is 0 Å². The molecule has 84 valence electrons. The Morgan fingerprint density at radius 3 is 2.60 bits per heavy atom. The van der Waals surface area contributed by atoms with Crippen molar-refractivity contribution in [3.8, 4) is 0 Å². The molecule has 0 saturated heterocycles. The topological polar surface area (TPSA) is 67.1 Å². The first-order chi connectivity index (χ1) is 7.06. The van der Waals surface area contributed by atoms with Crippen molar-refractivity contribution in [3.05, 3.63) is 5.02 Å². The number of nitrogens with zero attached hydrogens (tertiary/aromatic N) is 3. The molecular weight excluding hydrogens is 214 g/mol. The Morgan fingerprint density at radius 1 is 1.40 bits per heavy atom. The highest BCUT2D eigenvalue weighted by Gasteiger charge is 2.12. The van der Waals surface area contributed by atoms with Crippen LogP contribution in [0.3, 0.4) is 0 Å². The van der Waals surface area contributed by atoms with Crippen LogP contribution in [0.15, 0.2) is 0 Å². The van der Waals surface area contributed by atoms with Crippen LogP contribution >= 0.6 is 11.6 Å². The fourth-order valence-corrected chi connectivity index (χ4v) is 1.43. The number of rotatable bonds is 4. The normalized spacial score (nSPS) is 10.1. The fraction of sp³-hybridized carbons (Fsp3) is 0.556. The molecule has 0 fully saturated rings. The lowest BCUT2D eigenvalue weighted by molar-refractivity contribution is 0.962. The maximum atomic E-state index is 6.13. The lowest BCUT2D eigenvalue weighted by atomic mass is 10.4. The predicted molar refractivity (Wildman–Crippen MR) is 64.6 cm³/mol. The zero-order chi connectivity index (χ0) is 11.4. The van der Waals surface area contributed by atoms with Crippen LogP contribution in [-0.2, 0) is 0 Å². The van der Waals surface area contributed by atoms with E-state index in [1.54, 1.807) is 4.90 Å². The van der Waals surface area contributed by atoms with Crippen LogP contribution < -0.4 is 16.0 Å². The van der Waals surface area contributed by atoms with E-state index in [9.17, 15) is 0 Å². The molecule has 1 heterocycles. The number of nitrogens with two attached hydrogens (primary N) is 1. The molecule has 0 aliphatic rings. The molecule has 0 amide bonds. The average molecular weight is 230 g/mol. The SMILES string of the molecule is CCCNc1nc(N)nc(N(C)C)c1Cl. The van der Waals surface area contributed by atoms with E-state index < -0.39 is 0 Å². The number of nitrogen functional groups attached to an aromatic ring is 1. The van der Waals surface area contributed by atoms with Gasteiger partial charge in [-0.1, -0.05) is 18.5 Å². The summed E-state index contributed by atoms with van der Waals surface area (Å²) >= 11 is 6.13. The van der Waals surface area contributed by atoms with Crippen molar-refractivity contribution in [2.24, 2.45) is 0 Å². The molecule has 15 heavy (non-hydrogen) atoms. The summed E-state index contributed by atoms with van der Waals surface area (Å²) in [5.74, 6) is 1.44. The van der Waals surface area contributed by atoms with Gasteiger partial charge in [0.2, 0.25) is 5.95 Å². The van der Waals surface area contributed by atoms with E-state index in [1.807, 2.05) is 14.1 Å². The molecule has 0 radical (unpaired) electrons. The van der Waals surface area contributed by atoms with Crippen LogP contribution in [0.1, 0.15) is 13.3 Å². The minimum atomic E-state index is 0.224. The van der Waals surface area contributed by atoms with Gasteiger partial charge in [-0.2, -0.15) is 9.97 Å². The van der Waals surface area contributed by atoms with Gasteiger partial charge >= 0.3 is 0 Å². The Kier molecular flexibility index (Phi) is 3.96. The second kappa shape index (κ2) is 5.02. The maximum absolute atomic E-state index is 6.13. The summed E-state index contributed by atoms with van der Waals surface area (Å²) < 4.78 is 0. The summed E-state index contributed by atoms with van der Waals surface area (Å²) in [5, 5.41) is 3.61. The van der Waals surface area contributed by atoms with Crippen LogP contribution in [0.25, 0.3) is 0 Å². The quantitative estimate of drug-likeness (QED) is 0.821. The minimum absolute atomic E-state index is 0.224. The van der Waals surface area contributed by atoms with Crippen LogP contribution in [0.4, 0.5) is 17.6 Å². The van der Waals surface area contributed by atoms with Crippen LogP contribution in [0.2, 0.25) is 5.02 Å². The summed E-state index contributed by atoms with van der Waals surface area (Å²) in [6.07, 6.45) is 0.998. The molecular formula is C9H16ClN5. The van der Waals surface area contributed by atoms with Gasteiger partial charge in [0.25, 0.3) is 0 Å². The summed E-state index contributed by atoms with van der Waals surface area (Å²) in [6.45, 7) is 2.88. The van der Waals surface area contributed by atoms with Crippen molar-refractivity contribution in [3.63, 3.8) is 0 Å². The van der Waals surface area contributed by atoms with Crippen molar-refractivity contribution in [1.29, 1.82) is 0 Å². The van der Waals surface area contributed by atoms with Gasteiger partial charge in [0, 0.05) is 20.6 Å². The molecule has 5 nitrogen and oxygen atoms in total. The van der Waals surface area contributed by atoms with Crippen LogP contribution in [0.5, 0.6) is 0 Å². The van der Waals surface area contributed by atoms with Gasteiger partial charge < -0.3 is 16.0 Å². The third kappa shape index (κ3) is 2.86. The van der Waals surface area contributed by atoms with E-state index in [2.05, 4.69) is 22.2 Å². The zero-order valence-electron chi connectivity index (χ0n) is 9.21. The Hall–Kier alpha value is -1.23. The van der Waals surface area contributed by atoms with Gasteiger partial charge in [-0.05, 0) is 6.42 Å². The van der Waals surface area contributed by atoms with Gasteiger partial charge in [-0.3, -0.25) is 0 Å². The van der Waals surface area contributed by atoms with Gasteiger partial charge in [0.15, 0.2) is 11.6 Å². The van der Waals surface area contributed by atoms with E-state index >= 15 is 0 Å². The van der Waals surface area contributed by atoms with E-state index in [4.69, 9.17) is 17.3 Å². The average Bonchev–Trinajstić information content (AvgIpc) is 2.18. The highest BCUT2D eigenvalue weighted by molar-refractivity contribution is 6.35. The lowest BCUT2D eigenvalue weighted by Gasteiger charge is -2.16. The van der Waals surface area contributed by atoms with E-state index in [1.165, 1.54) is 0 Å². The molecule has 3 N–H and O–H groups in total. The molecule has 0 saturated carbocycles. The second-order valence-corrected chi connectivity index (χ2v) is 3.77. The number of hydrogen-bond acceptors (Lipinski definition) is 5. The summed E-state index contributed by atoms with van der Waals surface area (Å²) in [6, 6.07) is 0.